The third-order valence-electron chi connectivity index (χ3n) is 3.91. The van der Waals surface area contributed by atoms with Gasteiger partial charge < -0.3 is 0 Å². The topological polar surface area (TPSA) is 24.7 Å². The standard InChI is InChI=1S/C20H12Cl2N2/c21-19-5-1-3-13-7-9-15(11-17(13)19)23-24-16-10-8-14-4-2-6-20(22)18(14)12-16/h1-12H. The molecule has 0 heterocycles. The van der Waals surface area contributed by atoms with Gasteiger partial charge in [-0.1, -0.05) is 59.6 Å². The molecule has 0 aliphatic carbocycles. The normalized spacial score (nSPS) is 11.6. The van der Waals surface area contributed by atoms with E-state index in [-0.39, 0.29) is 0 Å². The lowest BCUT2D eigenvalue weighted by atomic mass is 10.1. The highest BCUT2D eigenvalue weighted by atomic mass is 35.5. The van der Waals surface area contributed by atoms with E-state index in [1.165, 1.54) is 0 Å². The minimum absolute atomic E-state index is 0.710. The number of fused-ring (bicyclic) bond motifs is 2. The molecule has 0 fully saturated rings. The monoisotopic (exact) mass is 350 g/mol. The van der Waals surface area contributed by atoms with Crippen LogP contribution in [-0.4, -0.2) is 0 Å². The van der Waals surface area contributed by atoms with Crippen LogP contribution in [0.5, 0.6) is 0 Å². The number of benzene rings is 4. The number of rotatable bonds is 2. The van der Waals surface area contributed by atoms with Crippen molar-refractivity contribution in [2.75, 3.05) is 0 Å². The van der Waals surface area contributed by atoms with Crippen LogP contribution in [0.4, 0.5) is 11.4 Å². The Morgan fingerprint density at radius 3 is 1.46 bits per heavy atom. The van der Waals surface area contributed by atoms with Gasteiger partial charge in [-0.3, -0.25) is 0 Å². The van der Waals surface area contributed by atoms with E-state index >= 15 is 0 Å². The fourth-order valence-corrected chi connectivity index (χ4v) is 3.16. The molecule has 2 nitrogen and oxygen atoms in total. The van der Waals surface area contributed by atoms with Gasteiger partial charge in [0.15, 0.2) is 0 Å². The smallest absolute Gasteiger partial charge is 0.0864 e. The van der Waals surface area contributed by atoms with Gasteiger partial charge in [0.25, 0.3) is 0 Å². The predicted molar refractivity (Wildman–Crippen MR) is 102 cm³/mol. The van der Waals surface area contributed by atoms with E-state index in [2.05, 4.69) is 10.2 Å². The van der Waals surface area contributed by atoms with Crippen molar-refractivity contribution in [3.63, 3.8) is 0 Å². The molecule has 0 atom stereocenters. The van der Waals surface area contributed by atoms with E-state index in [1.54, 1.807) is 0 Å². The molecule has 0 aliphatic heterocycles. The van der Waals surface area contributed by atoms with Gasteiger partial charge in [-0.25, -0.2) is 0 Å². The zero-order chi connectivity index (χ0) is 16.5. The summed E-state index contributed by atoms with van der Waals surface area (Å²) < 4.78 is 0. The SMILES string of the molecule is Clc1cccc2ccc(N=Nc3ccc4cccc(Cl)c4c3)cc12. The second-order valence-corrected chi connectivity index (χ2v) is 6.30. The van der Waals surface area contributed by atoms with Gasteiger partial charge in [0.05, 0.1) is 11.4 Å². The molecular weight excluding hydrogens is 339 g/mol. The molecular formula is C20H12Cl2N2. The first-order valence-corrected chi connectivity index (χ1v) is 8.25. The molecule has 4 heteroatoms. The van der Waals surface area contributed by atoms with Crippen molar-refractivity contribution < 1.29 is 0 Å². The molecule has 4 aromatic carbocycles. The number of hydrogen-bond acceptors (Lipinski definition) is 2. The minimum atomic E-state index is 0.710. The third-order valence-corrected chi connectivity index (χ3v) is 4.57. The maximum Gasteiger partial charge on any atom is 0.0864 e. The minimum Gasteiger partial charge on any atom is -0.151 e. The lowest BCUT2D eigenvalue weighted by Gasteiger charge is -2.02. The number of hydrogen-bond donors (Lipinski definition) is 0. The summed E-state index contributed by atoms with van der Waals surface area (Å²) in [5.74, 6) is 0. The van der Waals surface area contributed by atoms with Gasteiger partial charge in [-0.2, -0.15) is 10.2 Å². The number of azo groups is 1. The molecule has 0 saturated carbocycles. The van der Waals surface area contributed by atoms with Crippen LogP contribution < -0.4 is 0 Å². The fourth-order valence-electron chi connectivity index (χ4n) is 2.68. The van der Waals surface area contributed by atoms with Gasteiger partial charge in [0, 0.05) is 20.8 Å². The number of nitrogens with zero attached hydrogens (tertiary/aromatic N) is 2. The Bertz CT molecular complexity index is 1000. The van der Waals surface area contributed by atoms with Gasteiger partial charge in [0.2, 0.25) is 0 Å². The van der Waals surface area contributed by atoms with Crippen LogP contribution in [0.15, 0.2) is 83.0 Å². The van der Waals surface area contributed by atoms with E-state index in [4.69, 9.17) is 23.2 Å². The summed E-state index contributed by atoms with van der Waals surface area (Å²) in [5, 5.41) is 14.2. The highest BCUT2D eigenvalue weighted by molar-refractivity contribution is 6.36. The Labute approximate surface area is 149 Å². The van der Waals surface area contributed by atoms with Crippen LogP contribution in [-0.2, 0) is 0 Å². The van der Waals surface area contributed by atoms with Crippen molar-refractivity contribution in [1.82, 2.24) is 0 Å². The molecule has 4 rings (SSSR count). The Hall–Kier alpha value is -2.42. The van der Waals surface area contributed by atoms with E-state index in [1.807, 2.05) is 72.8 Å². The van der Waals surface area contributed by atoms with E-state index in [0.717, 1.165) is 32.9 Å². The van der Waals surface area contributed by atoms with Gasteiger partial charge >= 0.3 is 0 Å². The lowest BCUT2D eigenvalue weighted by molar-refractivity contribution is 1.24. The molecule has 0 aromatic heterocycles. The van der Waals surface area contributed by atoms with Gasteiger partial charge in [0.1, 0.15) is 0 Å². The fraction of sp³-hybridized carbons (Fsp3) is 0. The van der Waals surface area contributed by atoms with Crippen LogP contribution in [0.1, 0.15) is 0 Å². The van der Waals surface area contributed by atoms with Crippen molar-refractivity contribution in [2.45, 2.75) is 0 Å². The highest BCUT2D eigenvalue weighted by Crippen LogP contribution is 2.30. The van der Waals surface area contributed by atoms with Crippen LogP contribution in [0, 0.1) is 0 Å². The summed E-state index contributed by atoms with van der Waals surface area (Å²) in [6.45, 7) is 0. The first-order chi connectivity index (χ1) is 11.7. The zero-order valence-corrected chi connectivity index (χ0v) is 14.1. The largest absolute Gasteiger partial charge is 0.151 e. The third kappa shape index (κ3) is 2.86. The van der Waals surface area contributed by atoms with Crippen molar-refractivity contribution in [2.24, 2.45) is 10.2 Å². The average Bonchev–Trinajstić information content (AvgIpc) is 2.61. The molecule has 0 bridgehead atoms. The molecule has 0 aliphatic rings. The summed E-state index contributed by atoms with van der Waals surface area (Å²) in [4.78, 5) is 0. The first kappa shape index (κ1) is 15.1. The van der Waals surface area contributed by atoms with Crippen molar-refractivity contribution in [1.29, 1.82) is 0 Å². The van der Waals surface area contributed by atoms with Gasteiger partial charge in [-0.05, 0) is 47.2 Å². The molecule has 0 spiro atoms. The molecule has 0 N–H and O–H groups in total. The predicted octanol–water partition coefficient (Wildman–Crippen LogP) is 7.72. The quantitative estimate of drug-likeness (QED) is 0.330. The summed E-state index contributed by atoms with van der Waals surface area (Å²) in [6.07, 6.45) is 0. The Morgan fingerprint density at radius 2 is 1.00 bits per heavy atom. The van der Waals surface area contributed by atoms with E-state index in [9.17, 15) is 0 Å². The maximum absolute atomic E-state index is 6.24. The summed E-state index contributed by atoms with van der Waals surface area (Å²) in [6, 6.07) is 23.4. The van der Waals surface area contributed by atoms with Crippen LogP contribution in [0.25, 0.3) is 21.5 Å². The Morgan fingerprint density at radius 1 is 0.542 bits per heavy atom. The van der Waals surface area contributed by atoms with Crippen LogP contribution in [0.3, 0.4) is 0 Å². The second kappa shape index (κ2) is 6.23. The zero-order valence-electron chi connectivity index (χ0n) is 12.6. The lowest BCUT2D eigenvalue weighted by Crippen LogP contribution is -1.75. The second-order valence-electron chi connectivity index (χ2n) is 5.49. The van der Waals surface area contributed by atoms with Crippen molar-refractivity contribution in [3.8, 4) is 0 Å². The molecule has 0 radical (unpaired) electrons. The average molecular weight is 351 g/mol. The first-order valence-electron chi connectivity index (χ1n) is 7.49. The Balaban J connectivity index is 1.72. The van der Waals surface area contributed by atoms with Crippen molar-refractivity contribution in [3.05, 3.63) is 82.8 Å². The summed E-state index contributed by atoms with van der Waals surface area (Å²) in [7, 11) is 0. The van der Waals surface area contributed by atoms with E-state index < -0.39 is 0 Å². The summed E-state index contributed by atoms with van der Waals surface area (Å²) in [5.41, 5.74) is 1.52. The van der Waals surface area contributed by atoms with Crippen LogP contribution in [0.2, 0.25) is 10.0 Å². The molecule has 4 aromatic rings. The molecule has 0 saturated heterocycles. The molecule has 0 amide bonds. The van der Waals surface area contributed by atoms with E-state index in [0.29, 0.717) is 10.0 Å². The summed E-state index contributed by atoms with van der Waals surface area (Å²) >= 11 is 12.5. The van der Waals surface area contributed by atoms with Gasteiger partial charge in [-0.15, -0.1) is 0 Å². The van der Waals surface area contributed by atoms with Crippen molar-refractivity contribution >= 4 is 56.1 Å². The molecule has 116 valence electrons. The number of halogens is 2. The molecule has 24 heavy (non-hydrogen) atoms. The Kier molecular flexibility index (Phi) is 3.93. The highest BCUT2D eigenvalue weighted by Gasteiger charge is 2.02. The maximum atomic E-state index is 6.24. The van der Waals surface area contributed by atoms with Crippen LogP contribution >= 0.6 is 23.2 Å². The molecule has 0 unspecified atom stereocenters.